The topological polar surface area (TPSA) is 29.5 Å². The van der Waals surface area contributed by atoms with E-state index in [2.05, 4.69) is 31.9 Å². The zero-order chi connectivity index (χ0) is 11.0. The van der Waals surface area contributed by atoms with Gasteiger partial charge >= 0.3 is 0 Å². The lowest BCUT2D eigenvalue weighted by molar-refractivity contribution is 0.417. The van der Waals surface area contributed by atoms with E-state index < -0.39 is 0 Å². The van der Waals surface area contributed by atoms with E-state index in [1.54, 1.807) is 13.2 Å². The molecule has 0 bridgehead atoms. The van der Waals surface area contributed by atoms with Gasteiger partial charge in [-0.25, -0.2) is 0 Å². The molecule has 0 atom stereocenters. The van der Waals surface area contributed by atoms with Gasteiger partial charge in [0.25, 0.3) is 0 Å². The third kappa shape index (κ3) is 1.72. The number of aromatic hydroxyl groups is 1. The second-order valence-corrected chi connectivity index (χ2v) is 4.78. The molecule has 0 aliphatic heterocycles. The first kappa shape index (κ1) is 10.8. The fourth-order valence-electron chi connectivity index (χ4n) is 1.52. The van der Waals surface area contributed by atoms with E-state index in [9.17, 15) is 5.11 Å². The fourth-order valence-corrected chi connectivity index (χ4v) is 2.37. The van der Waals surface area contributed by atoms with Crippen LogP contribution in [0.2, 0.25) is 0 Å². The highest BCUT2D eigenvalue weighted by molar-refractivity contribution is 9.11. The Balaban J connectivity index is 2.89. The Labute approximate surface area is 104 Å². The summed E-state index contributed by atoms with van der Waals surface area (Å²) in [6.07, 6.45) is 0. The third-order valence-electron chi connectivity index (χ3n) is 2.23. The van der Waals surface area contributed by atoms with E-state index in [-0.39, 0.29) is 5.75 Å². The number of phenolic OH excluding ortho intramolecular Hbond substituents is 1. The number of halogens is 2. The predicted octanol–water partition coefficient (Wildman–Crippen LogP) is 4.08. The van der Waals surface area contributed by atoms with E-state index in [4.69, 9.17) is 4.74 Å². The molecule has 0 unspecified atom stereocenters. The van der Waals surface area contributed by atoms with Gasteiger partial charge in [-0.15, -0.1) is 0 Å². The van der Waals surface area contributed by atoms with Gasteiger partial charge in [0, 0.05) is 10.8 Å². The fraction of sp³-hybridized carbons (Fsp3) is 0.0909. The number of methoxy groups -OCH3 is 1. The molecule has 0 heterocycles. The molecule has 0 radical (unpaired) electrons. The summed E-state index contributed by atoms with van der Waals surface area (Å²) in [5, 5.41) is 11.5. The van der Waals surface area contributed by atoms with Crippen molar-refractivity contribution in [3.63, 3.8) is 0 Å². The van der Waals surface area contributed by atoms with Gasteiger partial charge in [-0.05, 0) is 56.1 Å². The summed E-state index contributed by atoms with van der Waals surface area (Å²) >= 11 is 6.68. The van der Waals surface area contributed by atoms with Gasteiger partial charge in [-0.3, -0.25) is 0 Å². The van der Waals surface area contributed by atoms with Crippen molar-refractivity contribution in [1.29, 1.82) is 0 Å². The van der Waals surface area contributed by atoms with Crippen LogP contribution in [0.4, 0.5) is 0 Å². The summed E-state index contributed by atoms with van der Waals surface area (Å²) < 4.78 is 6.83. The van der Waals surface area contributed by atoms with Gasteiger partial charge in [-0.1, -0.05) is 0 Å². The molecule has 4 heteroatoms. The highest BCUT2D eigenvalue weighted by atomic mass is 79.9. The molecule has 0 saturated carbocycles. The maximum Gasteiger partial charge on any atom is 0.140 e. The van der Waals surface area contributed by atoms with Gasteiger partial charge in [0.1, 0.15) is 11.5 Å². The summed E-state index contributed by atoms with van der Waals surface area (Å²) in [5.41, 5.74) is 0. The zero-order valence-corrected chi connectivity index (χ0v) is 11.1. The second kappa shape index (κ2) is 4.02. The first-order valence-electron chi connectivity index (χ1n) is 4.29. The van der Waals surface area contributed by atoms with Crippen molar-refractivity contribution in [3.05, 3.63) is 33.2 Å². The summed E-state index contributed by atoms with van der Waals surface area (Å²) in [6, 6.07) is 7.41. The molecule has 0 aliphatic carbocycles. The summed E-state index contributed by atoms with van der Waals surface area (Å²) in [4.78, 5) is 0. The lowest BCUT2D eigenvalue weighted by atomic mass is 10.1. The van der Waals surface area contributed by atoms with Crippen molar-refractivity contribution in [2.24, 2.45) is 0 Å². The van der Waals surface area contributed by atoms with Gasteiger partial charge in [-0.2, -0.15) is 0 Å². The van der Waals surface area contributed by atoms with Crippen LogP contribution in [0.15, 0.2) is 33.2 Å². The van der Waals surface area contributed by atoms with Crippen LogP contribution >= 0.6 is 31.9 Å². The predicted molar refractivity (Wildman–Crippen MR) is 67.6 cm³/mol. The molecule has 0 fully saturated rings. The molecule has 78 valence electrons. The number of ether oxygens (including phenoxy) is 1. The van der Waals surface area contributed by atoms with Gasteiger partial charge < -0.3 is 9.84 Å². The van der Waals surface area contributed by atoms with E-state index in [0.29, 0.717) is 4.47 Å². The molecule has 0 aromatic heterocycles. The quantitative estimate of drug-likeness (QED) is 0.853. The number of phenols is 1. The minimum atomic E-state index is 0.235. The van der Waals surface area contributed by atoms with Crippen molar-refractivity contribution in [3.8, 4) is 11.5 Å². The molecule has 0 aliphatic rings. The number of benzene rings is 2. The Morgan fingerprint density at radius 2 is 1.60 bits per heavy atom. The Hall–Kier alpha value is -0.740. The molecule has 0 amide bonds. The SMILES string of the molecule is COc1c(Br)ccc2c(O)c(Br)ccc12. The summed E-state index contributed by atoms with van der Waals surface area (Å²) in [6.45, 7) is 0. The molecule has 0 spiro atoms. The number of rotatable bonds is 1. The lowest BCUT2D eigenvalue weighted by Gasteiger charge is -2.09. The molecule has 1 N–H and O–H groups in total. The van der Waals surface area contributed by atoms with Crippen LogP contribution in [0.3, 0.4) is 0 Å². The van der Waals surface area contributed by atoms with Crippen molar-refractivity contribution < 1.29 is 9.84 Å². The van der Waals surface area contributed by atoms with Crippen molar-refractivity contribution >= 4 is 42.6 Å². The van der Waals surface area contributed by atoms with Gasteiger partial charge in [0.2, 0.25) is 0 Å². The van der Waals surface area contributed by atoms with Gasteiger partial charge in [0.05, 0.1) is 16.1 Å². The van der Waals surface area contributed by atoms with E-state index in [1.807, 2.05) is 18.2 Å². The van der Waals surface area contributed by atoms with Crippen molar-refractivity contribution in [2.45, 2.75) is 0 Å². The van der Waals surface area contributed by atoms with Crippen LogP contribution in [0.25, 0.3) is 10.8 Å². The minimum absolute atomic E-state index is 0.235. The summed E-state index contributed by atoms with van der Waals surface area (Å²) in [5.74, 6) is 0.966. The zero-order valence-electron chi connectivity index (χ0n) is 7.92. The largest absolute Gasteiger partial charge is 0.506 e. The first-order chi connectivity index (χ1) is 7.15. The Morgan fingerprint density at radius 3 is 2.27 bits per heavy atom. The van der Waals surface area contributed by atoms with Crippen LogP contribution in [0, 0.1) is 0 Å². The number of hydrogen-bond donors (Lipinski definition) is 1. The second-order valence-electron chi connectivity index (χ2n) is 3.07. The molecule has 15 heavy (non-hydrogen) atoms. The normalized spacial score (nSPS) is 10.6. The molecule has 2 aromatic rings. The molecule has 2 rings (SSSR count). The maximum absolute atomic E-state index is 9.85. The smallest absolute Gasteiger partial charge is 0.140 e. The van der Waals surface area contributed by atoms with E-state index >= 15 is 0 Å². The maximum atomic E-state index is 9.85. The average Bonchev–Trinajstić information content (AvgIpc) is 2.23. The van der Waals surface area contributed by atoms with Crippen LogP contribution in [0.1, 0.15) is 0 Å². The minimum Gasteiger partial charge on any atom is -0.506 e. The lowest BCUT2D eigenvalue weighted by Crippen LogP contribution is -1.87. The Bertz CT molecular complexity index is 523. The highest BCUT2D eigenvalue weighted by Gasteiger charge is 2.10. The first-order valence-corrected chi connectivity index (χ1v) is 5.87. The Kier molecular flexibility index (Phi) is 2.89. The van der Waals surface area contributed by atoms with Crippen molar-refractivity contribution in [1.82, 2.24) is 0 Å². The highest BCUT2D eigenvalue weighted by Crippen LogP contribution is 2.40. The van der Waals surface area contributed by atoms with Crippen molar-refractivity contribution in [2.75, 3.05) is 7.11 Å². The molecular formula is C11H8Br2O2. The summed E-state index contributed by atoms with van der Waals surface area (Å²) in [7, 11) is 1.61. The third-order valence-corrected chi connectivity index (χ3v) is 3.49. The van der Waals surface area contributed by atoms with E-state index in [0.717, 1.165) is 21.0 Å². The Morgan fingerprint density at radius 1 is 1.00 bits per heavy atom. The van der Waals surface area contributed by atoms with Crippen LogP contribution in [0.5, 0.6) is 11.5 Å². The van der Waals surface area contributed by atoms with Crippen LogP contribution in [-0.4, -0.2) is 12.2 Å². The molecular weight excluding hydrogens is 324 g/mol. The number of fused-ring (bicyclic) bond motifs is 1. The standard InChI is InChI=1S/C11H8Br2O2/c1-15-11-7-3-4-8(12)10(14)6(7)2-5-9(11)13/h2-5,14H,1H3. The average molecular weight is 332 g/mol. The van der Waals surface area contributed by atoms with E-state index in [1.165, 1.54) is 0 Å². The van der Waals surface area contributed by atoms with Gasteiger partial charge in [0.15, 0.2) is 0 Å². The molecule has 2 aromatic carbocycles. The molecule has 2 nitrogen and oxygen atoms in total. The molecule has 0 saturated heterocycles. The number of hydrogen-bond acceptors (Lipinski definition) is 2. The van der Waals surface area contributed by atoms with Crippen LogP contribution < -0.4 is 4.74 Å². The monoisotopic (exact) mass is 330 g/mol. The van der Waals surface area contributed by atoms with Crippen LogP contribution in [-0.2, 0) is 0 Å².